The lowest BCUT2D eigenvalue weighted by Gasteiger charge is -2.53. The molecular weight excluding hydrogens is 466 g/mol. The van der Waals surface area contributed by atoms with Crippen LogP contribution in [0.1, 0.15) is 6.92 Å². The van der Waals surface area contributed by atoms with Gasteiger partial charge in [-0.25, -0.2) is 4.79 Å². The van der Waals surface area contributed by atoms with Gasteiger partial charge < -0.3 is 20.4 Å². The van der Waals surface area contributed by atoms with Crippen molar-refractivity contribution in [2.24, 2.45) is 5.73 Å². The van der Waals surface area contributed by atoms with E-state index in [4.69, 9.17) is 10.5 Å². The van der Waals surface area contributed by atoms with Gasteiger partial charge in [0.2, 0.25) is 6.04 Å². The van der Waals surface area contributed by atoms with Crippen LogP contribution in [0, 0.1) is 0 Å². The van der Waals surface area contributed by atoms with Gasteiger partial charge in [-0.1, -0.05) is 24.8 Å². The van der Waals surface area contributed by atoms with Crippen molar-refractivity contribution in [2.45, 2.75) is 18.3 Å². The van der Waals surface area contributed by atoms with Gasteiger partial charge in [0.1, 0.15) is 18.5 Å². The molecule has 3 heterocycles. The molecule has 0 spiro atoms. The highest BCUT2D eigenvalue weighted by Crippen LogP contribution is 2.49. The van der Waals surface area contributed by atoms with Gasteiger partial charge in [-0.05, 0) is 24.6 Å². The molecule has 172 valence electrons. The summed E-state index contributed by atoms with van der Waals surface area (Å²) in [6.07, 6.45) is 0.393. The molecule has 3 amide bonds. The van der Waals surface area contributed by atoms with Crippen molar-refractivity contribution in [1.29, 1.82) is 0 Å². The Morgan fingerprint density at radius 3 is 2.76 bits per heavy atom. The lowest BCUT2D eigenvalue weighted by atomic mass is 9.97. The first-order valence-corrected chi connectivity index (χ1v) is 12.0. The molecule has 0 radical (unpaired) electrons. The molecule has 1 fully saturated rings. The molecule has 33 heavy (non-hydrogen) atoms. The third-order valence-electron chi connectivity index (χ3n) is 5.76. The maximum atomic E-state index is 13.6. The molecule has 4 rings (SSSR count). The molecule has 11 heteroatoms. The Kier molecular flexibility index (Phi) is 6.14. The smallest absolute Gasteiger partial charge is 0.530 e. The Labute approximate surface area is 197 Å². The zero-order chi connectivity index (χ0) is 23.9. The number of rotatable bonds is 6. The fourth-order valence-electron chi connectivity index (χ4n) is 4.33. The molecule has 2 N–H and O–H groups in total. The largest absolute Gasteiger partial charge is 0.543 e. The number of thioether (sulfide) groups is 1. The summed E-state index contributed by atoms with van der Waals surface area (Å²) in [5.41, 5.74) is 6.29. The second-order valence-corrected chi connectivity index (χ2v) is 9.59. The molecule has 3 atom stereocenters. The van der Waals surface area contributed by atoms with Crippen LogP contribution in [0.5, 0.6) is 0 Å². The van der Waals surface area contributed by atoms with Crippen LogP contribution in [0.3, 0.4) is 0 Å². The van der Waals surface area contributed by atoms with Crippen LogP contribution in [0.15, 0.2) is 53.6 Å². The van der Waals surface area contributed by atoms with E-state index < -0.39 is 46.3 Å². The van der Waals surface area contributed by atoms with Gasteiger partial charge in [-0.15, -0.1) is 27.6 Å². The molecule has 0 aliphatic carbocycles. The molecule has 1 saturated heterocycles. The van der Waals surface area contributed by atoms with Crippen LogP contribution < -0.4 is 15.3 Å². The van der Waals surface area contributed by atoms with Crippen molar-refractivity contribution >= 4 is 62.7 Å². The summed E-state index contributed by atoms with van der Waals surface area (Å²) in [4.78, 5) is 53.5. The van der Waals surface area contributed by atoms with E-state index in [1.807, 2.05) is 12.1 Å². The highest BCUT2D eigenvalue weighted by Gasteiger charge is 2.70. The summed E-state index contributed by atoms with van der Waals surface area (Å²) >= 11 is 2.59. The third kappa shape index (κ3) is 3.31. The number of carboxylic acids is 1. The lowest BCUT2D eigenvalue weighted by molar-refractivity contribution is -0.301. The summed E-state index contributed by atoms with van der Waals surface area (Å²) in [5.74, 6) is -2.59. The number of hydrogen-bond donors (Lipinski definition) is 1. The van der Waals surface area contributed by atoms with Gasteiger partial charge in [-0.2, -0.15) is 4.79 Å². The second-order valence-electron chi connectivity index (χ2n) is 7.57. The maximum absolute atomic E-state index is 13.6. The molecule has 9 nitrogen and oxygen atoms in total. The number of fused-ring (bicyclic) bond motifs is 2. The Hall–Kier alpha value is -2.99. The number of hydrogen-bond acceptors (Lipinski definition) is 9. The van der Waals surface area contributed by atoms with Gasteiger partial charge in [0.05, 0.1) is 22.4 Å². The number of carbonyl (C=O) groups is 4. The summed E-state index contributed by atoms with van der Waals surface area (Å²) in [5, 5.41) is 13.2. The molecule has 0 saturated carbocycles. The van der Waals surface area contributed by atoms with E-state index in [1.165, 1.54) is 29.2 Å². The van der Waals surface area contributed by atoms with Crippen LogP contribution in [0.4, 0.5) is 10.5 Å². The second kappa shape index (κ2) is 8.75. The molecule has 0 bridgehead atoms. The summed E-state index contributed by atoms with van der Waals surface area (Å²) in [7, 11) is 0. The Morgan fingerprint density at radius 1 is 1.36 bits per heavy atom. The van der Waals surface area contributed by atoms with Gasteiger partial charge in [-0.3, -0.25) is 9.69 Å². The average molecular weight is 488 g/mol. The van der Waals surface area contributed by atoms with Crippen LogP contribution in [-0.2, 0) is 19.1 Å². The van der Waals surface area contributed by atoms with E-state index in [2.05, 4.69) is 6.58 Å². The standard InChI is InChI=1S/C22H21N3O6S2/c1-3-8-31-22(30)25(16(26)9-23,14-11-32-15-7-5-4-6-13(14)15)18-19(27)24-17(21(28)29)12(2)10-33-20(18)24/h3-7,11,18,20H,1,8-10,23H2,2H3/t18?,20-,25?/m0/s1. The van der Waals surface area contributed by atoms with Crippen LogP contribution in [0.25, 0.3) is 10.1 Å². The zero-order valence-electron chi connectivity index (χ0n) is 17.7. The number of benzene rings is 1. The van der Waals surface area contributed by atoms with Crippen molar-refractivity contribution in [1.82, 2.24) is 9.38 Å². The molecule has 2 aliphatic heterocycles. The number of quaternary nitrogens is 1. The van der Waals surface area contributed by atoms with Crippen molar-refractivity contribution < 1.29 is 29.0 Å². The predicted molar refractivity (Wildman–Crippen MR) is 124 cm³/mol. The number of carbonyl (C=O) groups excluding carboxylic acids is 4. The van der Waals surface area contributed by atoms with E-state index in [0.29, 0.717) is 16.7 Å². The molecular formula is C22H21N3O6S2. The van der Waals surface area contributed by atoms with Crippen molar-refractivity contribution in [2.75, 3.05) is 18.9 Å². The van der Waals surface area contributed by atoms with Gasteiger partial charge in [0.25, 0.3) is 5.91 Å². The quantitative estimate of drug-likeness (QED) is 0.367. The highest BCUT2D eigenvalue weighted by atomic mass is 32.2. The fourth-order valence-corrected chi connectivity index (χ4v) is 6.72. The SMILES string of the molecule is C=CCOC(=O)[N+](C(=O)CN)(c1csc2ccccc12)C1C(=O)N2C(C(=O)[O-])=C(C)CS[C@@H]12. The fraction of sp³-hybridized carbons (Fsp3) is 0.273. The lowest BCUT2D eigenvalue weighted by Crippen LogP contribution is -2.81. The maximum Gasteiger partial charge on any atom is 0.530 e. The minimum absolute atomic E-state index is 0.176. The van der Waals surface area contributed by atoms with E-state index in [0.717, 1.165) is 9.60 Å². The number of nitrogens with zero attached hydrogens (tertiary/aromatic N) is 2. The summed E-state index contributed by atoms with van der Waals surface area (Å²) in [6.45, 7) is 4.44. The number of amides is 3. The number of β-lactam (4-membered cyclic amide) rings is 1. The van der Waals surface area contributed by atoms with Crippen molar-refractivity contribution in [3.05, 3.63) is 53.6 Å². The summed E-state index contributed by atoms with van der Waals surface area (Å²) in [6, 6.07) is 5.93. The van der Waals surface area contributed by atoms with E-state index in [-0.39, 0.29) is 18.0 Å². The normalized spacial score (nSPS) is 21.8. The van der Waals surface area contributed by atoms with E-state index in [1.54, 1.807) is 24.4 Å². The van der Waals surface area contributed by atoms with Crippen LogP contribution in [0.2, 0.25) is 0 Å². The third-order valence-corrected chi connectivity index (χ3v) is 8.12. The number of nitrogens with two attached hydrogens (primary N) is 1. The minimum atomic E-state index is -1.48. The molecule has 2 aliphatic rings. The van der Waals surface area contributed by atoms with Gasteiger partial charge in [0.15, 0.2) is 5.69 Å². The highest BCUT2D eigenvalue weighted by molar-refractivity contribution is 8.00. The Morgan fingerprint density at radius 2 is 2.09 bits per heavy atom. The van der Waals surface area contributed by atoms with Gasteiger partial charge >= 0.3 is 12.0 Å². The minimum Gasteiger partial charge on any atom is -0.543 e. The number of carboxylic acid groups (broad SMARTS) is 1. The number of aliphatic carboxylic acids is 1. The molecule has 1 aromatic heterocycles. The number of imide groups is 1. The molecule has 2 aromatic rings. The van der Waals surface area contributed by atoms with Crippen LogP contribution >= 0.6 is 23.1 Å². The van der Waals surface area contributed by atoms with E-state index in [9.17, 15) is 24.3 Å². The first-order chi connectivity index (χ1) is 15.8. The Balaban J connectivity index is 1.95. The topological polar surface area (TPSA) is 130 Å². The Bertz CT molecular complexity index is 1220. The number of ether oxygens (including phenoxy) is 1. The summed E-state index contributed by atoms with van der Waals surface area (Å²) < 4.78 is 5.08. The van der Waals surface area contributed by atoms with Gasteiger partial charge in [0, 0.05) is 10.5 Å². The first kappa shape index (κ1) is 23.2. The van der Waals surface area contributed by atoms with Crippen molar-refractivity contribution in [3.63, 3.8) is 0 Å². The van der Waals surface area contributed by atoms with Crippen LogP contribution in [-0.4, -0.2) is 59.1 Å². The molecule has 1 aromatic carbocycles. The number of thiophene rings is 1. The average Bonchev–Trinajstić information content (AvgIpc) is 3.24. The monoisotopic (exact) mass is 487 g/mol. The first-order valence-electron chi connectivity index (χ1n) is 10.0. The zero-order valence-corrected chi connectivity index (χ0v) is 19.3. The molecule has 2 unspecified atom stereocenters. The van der Waals surface area contributed by atoms with E-state index >= 15 is 0 Å². The predicted octanol–water partition coefficient (Wildman–Crippen LogP) is 1.32. The van der Waals surface area contributed by atoms with Crippen molar-refractivity contribution in [3.8, 4) is 0 Å².